The zero-order valence-corrected chi connectivity index (χ0v) is 13.6. The molecule has 0 N–H and O–H groups in total. The first-order chi connectivity index (χ1) is 11.7. The fourth-order valence-electron chi connectivity index (χ4n) is 3.02. The first kappa shape index (κ1) is 14.5. The Hall–Kier alpha value is -3.13. The van der Waals surface area contributed by atoms with Crippen LogP contribution in [-0.4, -0.2) is 9.55 Å². The molecular weight excluding hydrogens is 292 g/mol. The van der Waals surface area contributed by atoms with E-state index in [2.05, 4.69) is 71.8 Å². The summed E-state index contributed by atoms with van der Waals surface area (Å²) in [6.07, 6.45) is 3.93. The molecule has 0 fully saturated rings. The van der Waals surface area contributed by atoms with Gasteiger partial charge in [0.1, 0.15) is 0 Å². The molecule has 0 aliphatic heterocycles. The van der Waals surface area contributed by atoms with E-state index in [0.29, 0.717) is 0 Å². The molecule has 0 aliphatic rings. The first-order valence-corrected chi connectivity index (χ1v) is 7.98. The summed E-state index contributed by atoms with van der Waals surface area (Å²) in [5.41, 5.74) is 6.56. The number of hydrogen-bond donors (Lipinski definition) is 0. The molecule has 4 rings (SSSR count). The molecule has 0 atom stereocenters. The molecule has 0 amide bonds. The monoisotopic (exact) mass is 310 g/mol. The first-order valence-electron chi connectivity index (χ1n) is 7.98. The molecule has 0 radical (unpaired) electrons. The Morgan fingerprint density at radius 1 is 0.917 bits per heavy atom. The Bertz CT molecular complexity index is 1030. The number of rotatable bonds is 3. The summed E-state index contributed by atoms with van der Waals surface area (Å²) in [5.74, 6) is 0. The molecule has 2 aromatic heterocycles. The molecule has 2 heteroatoms. The van der Waals surface area contributed by atoms with Crippen LogP contribution in [0.5, 0.6) is 0 Å². The van der Waals surface area contributed by atoms with Crippen molar-refractivity contribution in [1.82, 2.24) is 9.55 Å². The molecular formula is C22H18N2. The van der Waals surface area contributed by atoms with Gasteiger partial charge in [0, 0.05) is 35.9 Å². The highest BCUT2D eigenvalue weighted by molar-refractivity contribution is 5.88. The molecule has 0 spiro atoms. The summed E-state index contributed by atoms with van der Waals surface area (Å²) in [7, 11) is 2.06. The van der Waals surface area contributed by atoms with Gasteiger partial charge in [0.2, 0.25) is 0 Å². The summed E-state index contributed by atoms with van der Waals surface area (Å²) in [4.78, 5) is 4.49. The minimum absolute atomic E-state index is 0.968. The van der Waals surface area contributed by atoms with Crippen molar-refractivity contribution in [2.75, 3.05) is 0 Å². The van der Waals surface area contributed by atoms with E-state index in [-0.39, 0.29) is 0 Å². The van der Waals surface area contributed by atoms with Crippen LogP contribution in [0.2, 0.25) is 0 Å². The Kier molecular flexibility index (Phi) is 3.51. The van der Waals surface area contributed by atoms with Crippen LogP contribution in [-0.2, 0) is 7.05 Å². The van der Waals surface area contributed by atoms with E-state index in [1.54, 1.807) is 0 Å². The minimum atomic E-state index is 0.968. The van der Waals surface area contributed by atoms with E-state index in [4.69, 9.17) is 0 Å². The van der Waals surface area contributed by atoms with Crippen LogP contribution in [0.25, 0.3) is 27.7 Å². The maximum atomic E-state index is 4.49. The topological polar surface area (TPSA) is 17.8 Å². The Labute approximate surface area is 141 Å². The highest BCUT2D eigenvalue weighted by Crippen LogP contribution is 2.27. The number of pyridine rings is 1. The lowest BCUT2D eigenvalue weighted by molar-refractivity contribution is 0.969. The molecule has 2 aromatic carbocycles. The van der Waals surface area contributed by atoms with E-state index in [1.165, 1.54) is 10.9 Å². The Morgan fingerprint density at radius 2 is 1.71 bits per heavy atom. The highest BCUT2D eigenvalue weighted by atomic mass is 14.9. The van der Waals surface area contributed by atoms with Crippen LogP contribution >= 0.6 is 0 Å². The largest absolute Gasteiger partial charge is 0.351 e. The second kappa shape index (κ2) is 5.82. The van der Waals surface area contributed by atoms with Crippen LogP contribution in [0.3, 0.4) is 0 Å². The lowest BCUT2D eigenvalue weighted by Crippen LogP contribution is -1.90. The summed E-state index contributed by atoms with van der Waals surface area (Å²) in [5, 5.41) is 1.23. The number of hydrogen-bond acceptors (Lipinski definition) is 1. The molecule has 0 unspecified atom stereocenters. The Balaban J connectivity index is 1.73. The van der Waals surface area contributed by atoms with E-state index in [9.17, 15) is 0 Å². The molecule has 0 saturated carbocycles. The highest BCUT2D eigenvalue weighted by Gasteiger charge is 2.07. The molecule has 24 heavy (non-hydrogen) atoms. The maximum absolute atomic E-state index is 4.49. The van der Waals surface area contributed by atoms with E-state index < -0.39 is 0 Å². The third kappa shape index (κ3) is 2.52. The minimum Gasteiger partial charge on any atom is -0.351 e. The van der Waals surface area contributed by atoms with Crippen molar-refractivity contribution in [3.63, 3.8) is 0 Å². The lowest BCUT2D eigenvalue weighted by atomic mass is 9.98. The van der Waals surface area contributed by atoms with Gasteiger partial charge in [-0.2, -0.15) is 0 Å². The number of benzene rings is 2. The molecule has 2 nitrogen and oxygen atoms in total. The zero-order valence-electron chi connectivity index (χ0n) is 13.6. The van der Waals surface area contributed by atoms with Crippen LogP contribution in [0.15, 0.2) is 85.7 Å². The molecule has 0 aliphatic carbocycles. The summed E-state index contributed by atoms with van der Waals surface area (Å²) < 4.78 is 2.13. The van der Waals surface area contributed by atoms with Gasteiger partial charge >= 0.3 is 0 Å². The predicted octanol–water partition coefficient (Wildman–Crippen LogP) is 5.30. The van der Waals surface area contributed by atoms with Crippen molar-refractivity contribution in [1.29, 1.82) is 0 Å². The number of nitrogens with zero attached hydrogens (tertiary/aromatic N) is 2. The fraction of sp³-hybridized carbons (Fsp3) is 0.0455. The van der Waals surface area contributed by atoms with Crippen molar-refractivity contribution in [2.45, 2.75) is 0 Å². The van der Waals surface area contributed by atoms with Crippen LogP contribution in [0.1, 0.15) is 11.1 Å². The van der Waals surface area contributed by atoms with Crippen molar-refractivity contribution in [3.05, 3.63) is 96.8 Å². The fourth-order valence-corrected chi connectivity index (χ4v) is 3.02. The van der Waals surface area contributed by atoms with Gasteiger partial charge in [-0.15, -0.1) is 0 Å². The van der Waals surface area contributed by atoms with Crippen molar-refractivity contribution >= 4 is 16.5 Å². The van der Waals surface area contributed by atoms with Crippen molar-refractivity contribution in [3.8, 4) is 11.3 Å². The standard InChI is InChI=1S/C22H18N2/c1-16(18-8-9-22-20(14-18)11-13-24(22)2)19-10-12-23-21(15-19)17-6-4-3-5-7-17/h3-15H,1H2,2H3. The number of aryl methyl sites for hydroxylation is 1. The third-order valence-corrected chi connectivity index (χ3v) is 4.41. The molecule has 4 aromatic rings. The van der Waals surface area contributed by atoms with E-state index in [1.807, 2.05) is 30.5 Å². The summed E-state index contributed by atoms with van der Waals surface area (Å²) >= 11 is 0. The number of aromatic nitrogens is 2. The van der Waals surface area contributed by atoms with Crippen molar-refractivity contribution < 1.29 is 0 Å². The maximum Gasteiger partial charge on any atom is 0.0708 e. The second-order valence-electron chi connectivity index (χ2n) is 5.97. The molecule has 2 heterocycles. The quantitative estimate of drug-likeness (QED) is 0.502. The average molecular weight is 310 g/mol. The van der Waals surface area contributed by atoms with Gasteiger partial charge < -0.3 is 4.57 Å². The lowest BCUT2D eigenvalue weighted by Gasteiger charge is -2.09. The van der Waals surface area contributed by atoms with Gasteiger partial charge in [0.05, 0.1) is 5.69 Å². The zero-order chi connectivity index (χ0) is 16.5. The van der Waals surface area contributed by atoms with Crippen LogP contribution < -0.4 is 0 Å². The van der Waals surface area contributed by atoms with E-state index in [0.717, 1.165) is 28.0 Å². The molecule has 0 saturated heterocycles. The predicted molar refractivity (Wildman–Crippen MR) is 101 cm³/mol. The SMILES string of the molecule is C=C(c1ccnc(-c2ccccc2)c1)c1ccc2c(ccn2C)c1. The average Bonchev–Trinajstić information content (AvgIpc) is 3.02. The Morgan fingerprint density at radius 3 is 2.54 bits per heavy atom. The smallest absolute Gasteiger partial charge is 0.0708 e. The van der Waals surface area contributed by atoms with Gasteiger partial charge in [0.25, 0.3) is 0 Å². The van der Waals surface area contributed by atoms with Crippen LogP contribution in [0, 0.1) is 0 Å². The van der Waals surface area contributed by atoms with Gasteiger partial charge in [-0.3, -0.25) is 4.98 Å². The molecule has 116 valence electrons. The van der Waals surface area contributed by atoms with Gasteiger partial charge in [0.15, 0.2) is 0 Å². The van der Waals surface area contributed by atoms with Crippen molar-refractivity contribution in [2.24, 2.45) is 7.05 Å². The summed E-state index contributed by atoms with van der Waals surface area (Å²) in [6.45, 7) is 4.31. The number of fused-ring (bicyclic) bond motifs is 1. The van der Waals surface area contributed by atoms with Gasteiger partial charge in [-0.1, -0.05) is 43.0 Å². The van der Waals surface area contributed by atoms with Crippen LogP contribution in [0.4, 0.5) is 0 Å². The van der Waals surface area contributed by atoms with E-state index >= 15 is 0 Å². The van der Waals surface area contributed by atoms with Gasteiger partial charge in [-0.05, 0) is 47.0 Å². The summed E-state index contributed by atoms with van der Waals surface area (Å²) in [6, 6.07) is 23.0. The van der Waals surface area contributed by atoms with Gasteiger partial charge in [-0.25, -0.2) is 0 Å². The second-order valence-corrected chi connectivity index (χ2v) is 5.97. The molecule has 0 bridgehead atoms. The normalized spacial score (nSPS) is 10.9. The third-order valence-electron chi connectivity index (χ3n) is 4.41.